The molecule has 1 heterocycles. The van der Waals surface area contributed by atoms with Gasteiger partial charge >= 0.3 is 0 Å². The maximum atomic E-state index is 9.57. The van der Waals surface area contributed by atoms with Crippen LogP contribution >= 0.6 is 0 Å². The lowest BCUT2D eigenvalue weighted by Gasteiger charge is -2.39. The van der Waals surface area contributed by atoms with Gasteiger partial charge in [0, 0.05) is 17.1 Å². The normalized spacial score (nSPS) is 17.7. The number of anilines is 1. The number of phenolic OH excluding ortho intramolecular Hbond substituents is 1. The van der Waals surface area contributed by atoms with Crippen molar-refractivity contribution < 1.29 is 5.11 Å². The van der Waals surface area contributed by atoms with Gasteiger partial charge in [-0.1, -0.05) is 6.07 Å². The Balaban J connectivity index is 2.06. The number of rotatable bonds is 2. The molecule has 0 radical (unpaired) electrons. The number of pyridine rings is 1. The van der Waals surface area contributed by atoms with Crippen LogP contribution in [0.15, 0.2) is 30.5 Å². The van der Waals surface area contributed by atoms with Gasteiger partial charge in [0.05, 0.1) is 0 Å². The minimum absolute atomic E-state index is 0.173. The van der Waals surface area contributed by atoms with Crippen molar-refractivity contribution in [3.05, 3.63) is 30.5 Å². The average Bonchev–Trinajstić information content (AvgIpc) is 2.28. The highest BCUT2D eigenvalue weighted by Crippen LogP contribution is 2.36. The van der Waals surface area contributed by atoms with E-state index in [9.17, 15) is 5.11 Å². The second-order valence-corrected chi connectivity index (χ2v) is 5.10. The monoisotopic (exact) mass is 228 g/mol. The molecule has 1 saturated carbocycles. The Morgan fingerprint density at radius 1 is 1.29 bits per heavy atom. The summed E-state index contributed by atoms with van der Waals surface area (Å²) in [6.45, 7) is 2.22. The number of hydrogen-bond donors (Lipinski definition) is 2. The fraction of sp³-hybridized carbons (Fsp3) is 0.357. The lowest BCUT2D eigenvalue weighted by atomic mass is 9.78. The summed E-state index contributed by atoms with van der Waals surface area (Å²) >= 11 is 0. The first-order valence-electron chi connectivity index (χ1n) is 6.02. The third kappa shape index (κ3) is 1.82. The first-order valence-corrected chi connectivity index (χ1v) is 6.02. The van der Waals surface area contributed by atoms with E-state index in [1.807, 2.05) is 18.3 Å². The largest absolute Gasteiger partial charge is 0.508 e. The van der Waals surface area contributed by atoms with Crippen LogP contribution in [0.5, 0.6) is 5.75 Å². The Kier molecular flexibility index (Phi) is 2.21. The zero-order valence-corrected chi connectivity index (χ0v) is 9.90. The molecule has 1 aromatic heterocycles. The van der Waals surface area contributed by atoms with Crippen LogP contribution in [0.4, 0.5) is 5.82 Å². The van der Waals surface area contributed by atoms with Crippen molar-refractivity contribution in [1.29, 1.82) is 0 Å². The maximum Gasteiger partial charge on any atom is 0.134 e. The molecule has 0 aliphatic heterocycles. The molecule has 0 amide bonds. The van der Waals surface area contributed by atoms with Gasteiger partial charge < -0.3 is 10.4 Å². The van der Waals surface area contributed by atoms with E-state index in [2.05, 4.69) is 17.2 Å². The van der Waals surface area contributed by atoms with Crippen molar-refractivity contribution in [3.8, 4) is 5.75 Å². The van der Waals surface area contributed by atoms with Crippen molar-refractivity contribution >= 4 is 16.6 Å². The Morgan fingerprint density at radius 2 is 2.12 bits per heavy atom. The Bertz CT molecular complexity index is 561. The molecule has 0 unspecified atom stereocenters. The van der Waals surface area contributed by atoms with E-state index >= 15 is 0 Å². The molecule has 2 N–H and O–H groups in total. The molecule has 3 rings (SSSR count). The van der Waals surface area contributed by atoms with E-state index in [0.29, 0.717) is 0 Å². The van der Waals surface area contributed by atoms with Gasteiger partial charge in [0.1, 0.15) is 11.6 Å². The zero-order valence-electron chi connectivity index (χ0n) is 9.90. The Hall–Kier alpha value is -1.77. The topological polar surface area (TPSA) is 45.2 Å². The summed E-state index contributed by atoms with van der Waals surface area (Å²) in [5, 5.41) is 15.2. The molecule has 1 aromatic carbocycles. The number of hydrogen-bond acceptors (Lipinski definition) is 3. The van der Waals surface area contributed by atoms with Crippen molar-refractivity contribution in [2.24, 2.45) is 0 Å². The van der Waals surface area contributed by atoms with Gasteiger partial charge in [0.2, 0.25) is 0 Å². The smallest absolute Gasteiger partial charge is 0.134 e. The van der Waals surface area contributed by atoms with Crippen LogP contribution in [-0.2, 0) is 0 Å². The van der Waals surface area contributed by atoms with Crippen LogP contribution in [0.25, 0.3) is 10.8 Å². The lowest BCUT2D eigenvalue weighted by Crippen LogP contribution is -2.41. The van der Waals surface area contributed by atoms with Crippen molar-refractivity contribution in [2.45, 2.75) is 31.7 Å². The molecular formula is C14H16N2O. The summed E-state index contributed by atoms with van der Waals surface area (Å²) in [7, 11) is 0. The van der Waals surface area contributed by atoms with E-state index < -0.39 is 0 Å². The fourth-order valence-corrected chi connectivity index (χ4v) is 2.37. The molecule has 3 heteroatoms. The van der Waals surface area contributed by atoms with E-state index in [-0.39, 0.29) is 11.3 Å². The van der Waals surface area contributed by atoms with Gasteiger partial charge in [0.25, 0.3) is 0 Å². The lowest BCUT2D eigenvalue weighted by molar-refractivity contribution is 0.306. The highest BCUT2D eigenvalue weighted by molar-refractivity contribution is 5.92. The van der Waals surface area contributed by atoms with Crippen LogP contribution in [-0.4, -0.2) is 15.6 Å². The van der Waals surface area contributed by atoms with Crippen molar-refractivity contribution in [1.82, 2.24) is 4.98 Å². The standard InChI is InChI=1S/C14H16N2O/c1-14(6-2-7-14)16-13-12-9-11(17)4-3-10(12)5-8-15-13/h3-5,8-9,17H,2,6-7H2,1H3,(H,15,16). The SMILES string of the molecule is CC1(Nc2nccc3ccc(O)cc23)CCC1. The van der Waals surface area contributed by atoms with E-state index in [1.54, 1.807) is 12.1 Å². The van der Waals surface area contributed by atoms with E-state index in [1.165, 1.54) is 19.3 Å². The van der Waals surface area contributed by atoms with E-state index in [0.717, 1.165) is 16.6 Å². The Morgan fingerprint density at radius 3 is 2.82 bits per heavy atom. The molecule has 1 aliphatic rings. The number of phenols is 1. The van der Waals surface area contributed by atoms with Gasteiger partial charge in [-0.15, -0.1) is 0 Å². The minimum atomic E-state index is 0.173. The fourth-order valence-electron chi connectivity index (χ4n) is 2.37. The van der Waals surface area contributed by atoms with Gasteiger partial charge in [-0.05, 0) is 49.8 Å². The number of aromatic nitrogens is 1. The molecular weight excluding hydrogens is 212 g/mol. The zero-order chi connectivity index (χ0) is 11.9. The summed E-state index contributed by atoms with van der Waals surface area (Å²) in [5.41, 5.74) is 0.173. The molecule has 0 spiro atoms. The van der Waals surface area contributed by atoms with Crippen LogP contribution in [0, 0.1) is 0 Å². The first-order chi connectivity index (χ1) is 8.16. The van der Waals surface area contributed by atoms with Crippen LogP contribution in [0.2, 0.25) is 0 Å². The molecule has 88 valence electrons. The minimum Gasteiger partial charge on any atom is -0.508 e. The van der Waals surface area contributed by atoms with Crippen LogP contribution in [0.3, 0.4) is 0 Å². The van der Waals surface area contributed by atoms with Crippen molar-refractivity contribution in [2.75, 3.05) is 5.32 Å². The Labute approximate surface area is 100 Å². The molecule has 1 aliphatic carbocycles. The molecule has 1 fully saturated rings. The summed E-state index contributed by atoms with van der Waals surface area (Å²) in [5.74, 6) is 1.16. The van der Waals surface area contributed by atoms with Gasteiger partial charge in [-0.3, -0.25) is 0 Å². The van der Waals surface area contributed by atoms with E-state index in [4.69, 9.17) is 0 Å². The molecule has 0 bridgehead atoms. The third-order valence-electron chi connectivity index (χ3n) is 3.63. The average molecular weight is 228 g/mol. The van der Waals surface area contributed by atoms with Crippen LogP contribution < -0.4 is 5.32 Å². The molecule has 0 atom stereocenters. The molecule has 17 heavy (non-hydrogen) atoms. The molecule has 2 aromatic rings. The third-order valence-corrected chi connectivity index (χ3v) is 3.63. The first kappa shape index (κ1) is 10.4. The predicted octanol–water partition coefficient (Wildman–Crippen LogP) is 3.29. The number of benzene rings is 1. The second kappa shape index (κ2) is 3.62. The summed E-state index contributed by atoms with van der Waals surface area (Å²) in [6.07, 6.45) is 5.46. The second-order valence-electron chi connectivity index (χ2n) is 5.10. The highest BCUT2D eigenvalue weighted by atomic mass is 16.3. The molecule has 3 nitrogen and oxygen atoms in total. The highest BCUT2D eigenvalue weighted by Gasteiger charge is 2.32. The van der Waals surface area contributed by atoms with Gasteiger partial charge in [-0.25, -0.2) is 4.98 Å². The number of aromatic hydroxyl groups is 1. The maximum absolute atomic E-state index is 9.57. The van der Waals surface area contributed by atoms with Gasteiger partial charge in [0.15, 0.2) is 0 Å². The van der Waals surface area contributed by atoms with Crippen LogP contribution in [0.1, 0.15) is 26.2 Å². The molecule has 0 saturated heterocycles. The number of nitrogens with zero attached hydrogens (tertiary/aromatic N) is 1. The summed E-state index contributed by atoms with van der Waals surface area (Å²) < 4.78 is 0. The predicted molar refractivity (Wildman–Crippen MR) is 69.3 cm³/mol. The summed E-state index contributed by atoms with van der Waals surface area (Å²) in [4.78, 5) is 4.39. The van der Waals surface area contributed by atoms with Crippen molar-refractivity contribution in [3.63, 3.8) is 0 Å². The quantitative estimate of drug-likeness (QED) is 0.829. The number of nitrogens with one attached hydrogen (secondary N) is 1. The summed E-state index contributed by atoms with van der Waals surface area (Å²) in [6, 6.07) is 7.35. The number of fused-ring (bicyclic) bond motifs is 1. The van der Waals surface area contributed by atoms with Gasteiger partial charge in [-0.2, -0.15) is 0 Å².